The average Bonchev–Trinajstić information content (AvgIpc) is 3.26. The average molecular weight is 934 g/mol. The van der Waals surface area contributed by atoms with E-state index in [1.807, 2.05) is 27.2 Å². The van der Waals surface area contributed by atoms with Crippen molar-refractivity contribution in [3.63, 3.8) is 0 Å². The van der Waals surface area contributed by atoms with Gasteiger partial charge in [0.2, 0.25) is 5.91 Å². The van der Waals surface area contributed by atoms with E-state index in [4.69, 9.17) is 9.05 Å². The Bertz CT molecular complexity index is 1240. The fourth-order valence-electron chi connectivity index (χ4n) is 7.65. The van der Waals surface area contributed by atoms with Gasteiger partial charge in [0.1, 0.15) is 13.2 Å². The number of nitrogens with zero attached hydrogens (tertiary/aromatic N) is 1. The molecule has 3 N–H and O–H groups in total. The number of phosphoric ester groups is 1. The van der Waals surface area contributed by atoms with Crippen LogP contribution in [0.4, 0.5) is 0 Å². The number of quaternary nitrogens is 1. The third kappa shape index (κ3) is 49.9. The second-order valence-electron chi connectivity index (χ2n) is 19.6. The summed E-state index contributed by atoms with van der Waals surface area (Å²) in [6.45, 7) is 4.77. The number of aliphatic hydroxyl groups is 1. The predicted octanol–water partition coefficient (Wildman–Crippen LogP) is 16.1. The van der Waals surface area contributed by atoms with Gasteiger partial charge in [-0.1, -0.05) is 222 Å². The zero-order valence-electron chi connectivity index (χ0n) is 43.2. The van der Waals surface area contributed by atoms with Gasteiger partial charge in [0, 0.05) is 6.42 Å². The third-order valence-corrected chi connectivity index (χ3v) is 12.9. The highest BCUT2D eigenvalue weighted by Crippen LogP contribution is 2.43. The molecule has 0 saturated carbocycles. The molecule has 8 nitrogen and oxygen atoms in total. The van der Waals surface area contributed by atoms with E-state index in [1.165, 1.54) is 167 Å². The topological polar surface area (TPSA) is 105 Å². The van der Waals surface area contributed by atoms with Gasteiger partial charge in [0.15, 0.2) is 0 Å². The molecular formula is C56H106N2O6P+. The second kappa shape index (κ2) is 47.3. The molecule has 0 radical (unpaired) electrons. The van der Waals surface area contributed by atoms with Gasteiger partial charge in [0.05, 0.1) is 39.9 Å². The van der Waals surface area contributed by atoms with E-state index < -0.39 is 20.0 Å². The minimum Gasteiger partial charge on any atom is -0.387 e. The van der Waals surface area contributed by atoms with Gasteiger partial charge < -0.3 is 19.8 Å². The van der Waals surface area contributed by atoms with Crippen LogP contribution in [0.2, 0.25) is 0 Å². The van der Waals surface area contributed by atoms with E-state index >= 15 is 0 Å². The van der Waals surface area contributed by atoms with Gasteiger partial charge in [-0.3, -0.25) is 13.8 Å². The first-order chi connectivity index (χ1) is 31.5. The van der Waals surface area contributed by atoms with Gasteiger partial charge in [-0.25, -0.2) is 4.57 Å². The van der Waals surface area contributed by atoms with E-state index in [1.54, 1.807) is 6.08 Å². The molecule has 0 spiro atoms. The lowest BCUT2D eigenvalue weighted by Crippen LogP contribution is -2.45. The normalized spacial score (nSPS) is 14.5. The molecule has 3 unspecified atom stereocenters. The number of aliphatic hydroxyl groups excluding tert-OH is 1. The van der Waals surface area contributed by atoms with E-state index in [9.17, 15) is 19.4 Å². The zero-order chi connectivity index (χ0) is 47.8. The number of unbranched alkanes of at least 4 members (excludes halogenated alkanes) is 28. The van der Waals surface area contributed by atoms with Crippen molar-refractivity contribution < 1.29 is 32.9 Å². The Morgan fingerprint density at radius 2 is 0.892 bits per heavy atom. The number of likely N-dealkylation sites (N-methyl/N-ethyl adjacent to an activating group) is 1. The summed E-state index contributed by atoms with van der Waals surface area (Å²) in [5.41, 5.74) is 0. The number of amides is 1. The summed E-state index contributed by atoms with van der Waals surface area (Å²) in [4.78, 5) is 23.2. The Balaban J connectivity index is 4.09. The molecule has 0 aliphatic heterocycles. The van der Waals surface area contributed by atoms with Crippen molar-refractivity contribution >= 4 is 13.7 Å². The van der Waals surface area contributed by atoms with Crippen molar-refractivity contribution in [1.82, 2.24) is 5.32 Å². The van der Waals surface area contributed by atoms with Crippen LogP contribution in [0, 0.1) is 0 Å². The molecule has 0 aromatic heterocycles. The Morgan fingerprint density at radius 3 is 1.34 bits per heavy atom. The number of nitrogens with one attached hydrogen (secondary N) is 1. The molecule has 0 heterocycles. The fraction of sp³-hybridized carbons (Fsp3) is 0.804. The van der Waals surface area contributed by atoms with Gasteiger partial charge >= 0.3 is 7.82 Å². The van der Waals surface area contributed by atoms with Crippen LogP contribution in [-0.4, -0.2) is 73.4 Å². The molecule has 65 heavy (non-hydrogen) atoms. The van der Waals surface area contributed by atoms with Gasteiger partial charge in [-0.15, -0.1) is 0 Å². The minimum atomic E-state index is -4.35. The Kier molecular flexibility index (Phi) is 46.0. The number of carbonyl (C=O) groups excluding carboxylic acids is 1. The summed E-state index contributed by atoms with van der Waals surface area (Å²) in [6, 6.07) is -0.863. The monoisotopic (exact) mass is 934 g/mol. The lowest BCUT2D eigenvalue weighted by atomic mass is 10.0. The van der Waals surface area contributed by atoms with Crippen LogP contribution < -0.4 is 5.32 Å². The van der Waals surface area contributed by atoms with E-state index in [2.05, 4.69) is 67.8 Å². The molecule has 0 aromatic rings. The van der Waals surface area contributed by atoms with Gasteiger partial charge in [-0.05, 0) is 70.6 Å². The second-order valence-corrected chi connectivity index (χ2v) is 21.0. The first-order valence-electron chi connectivity index (χ1n) is 27.2. The maximum atomic E-state index is 12.9. The molecule has 0 aromatic carbocycles. The number of rotatable bonds is 49. The predicted molar refractivity (Wildman–Crippen MR) is 281 cm³/mol. The van der Waals surface area contributed by atoms with Crippen molar-refractivity contribution in [2.24, 2.45) is 0 Å². The standard InChI is InChI=1S/C56H105N2O6P/c1-6-8-10-12-14-16-18-20-21-22-23-24-25-26-27-28-29-30-31-32-33-34-35-36-37-38-40-42-44-46-48-50-56(60)57-54(53-64-65(61,62)63-52-51-58(3,4)5)55(59)49-47-45-43-41-39-19-17-15-13-11-9-7-2/h18,20,22-23,25-26,39,41,47,49,54-55,59H,6-17,19,21,24,27-38,40,42-46,48,50-53H2,1-5H3,(H-,57,60,61,62)/p+1/b20-18-,23-22-,26-25-,41-39+,49-47+. The van der Waals surface area contributed by atoms with Crippen molar-refractivity contribution in [3.8, 4) is 0 Å². The smallest absolute Gasteiger partial charge is 0.387 e. The summed E-state index contributed by atoms with van der Waals surface area (Å²) in [5, 5.41) is 13.8. The number of phosphoric acid groups is 1. The first kappa shape index (κ1) is 63.2. The Morgan fingerprint density at radius 1 is 0.523 bits per heavy atom. The minimum absolute atomic E-state index is 0.0551. The third-order valence-electron chi connectivity index (χ3n) is 12.0. The molecule has 0 bridgehead atoms. The van der Waals surface area contributed by atoms with Crippen LogP contribution in [0.1, 0.15) is 239 Å². The fourth-order valence-corrected chi connectivity index (χ4v) is 8.39. The van der Waals surface area contributed by atoms with Gasteiger partial charge in [-0.2, -0.15) is 0 Å². The SMILES string of the molecule is CCCCCCC/C=C\C/C=C\C/C=C\CCCCCCCCCCCCCCCCCCC(=O)NC(COP(=O)(O)OCC[N+](C)(C)C)C(O)/C=C/CC/C=C/CCCCCCCC. The summed E-state index contributed by atoms with van der Waals surface area (Å²) >= 11 is 0. The Labute approximate surface area is 402 Å². The maximum absolute atomic E-state index is 12.9. The van der Waals surface area contributed by atoms with Crippen LogP contribution in [0.25, 0.3) is 0 Å². The molecule has 0 aliphatic carbocycles. The summed E-state index contributed by atoms with van der Waals surface area (Å²) in [7, 11) is 1.55. The maximum Gasteiger partial charge on any atom is 0.472 e. The highest BCUT2D eigenvalue weighted by atomic mass is 31.2. The van der Waals surface area contributed by atoms with Crippen molar-refractivity contribution in [1.29, 1.82) is 0 Å². The van der Waals surface area contributed by atoms with Gasteiger partial charge in [0.25, 0.3) is 0 Å². The number of hydrogen-bond donors (Lipinski definition) is 3. The summed E-state index contributed by atoms with van der Waals surface area (Å²) in [5.74, 6) is -0.188. The highest BCUT2D eigenvalue weighted by molar-refractivity contribution is 7.47. The highest BCUT2D eigenvalue weighted by Gasteiger charge is 2.27. The van der Waals surface area contributed by atoms with Crippen LogP contribution in [-0.2, 0) is 18.4 Å². The van der Waals surface area contributed by atoms with Crippen LogP contribution >= 0.6 is 7.82 Å². The molecule has 0 saturated heterocycles. The van der Waals surface area contributed by atoms with Crippen LogP contribution in [0.3, 0.4) is 0 Å². The van der Waals surface area contributed by atoms with Crippen molar-refractivity contribution in [2.45, 2.75) is 251 Å². The molecule has 0 rings (SSSR count). The lowest BCUT2D eigenvalue weighted by molar-refractivity contribution is -0.870. The molecule has 9 heteroatoms. The lowest BCUT2D eigenvalue weighted by Gasteiger charge is -2.25. The van der Waals surface area contributed by atoms with E-state index in [-0.39, 0.29) is 19.1 Å². The molecule has 3 atom stereocenters. The van der Waals surface area contributed by atoms with Crippen molar-refractivity contribution in [2.75, 3.05) is 40.9 Å². The number of carbonyl (C=O) groups is 1. The van der Waals surface area contributed by atoms with Crippen molar-refractivity contribution in [3.05, 3.63) is 60.8 Å². The number of allylic oxidation sites excluding steroid dienone is 9. The van der Waals surface area contributed by atoms with Crippen LogP contribution in [0.15, 0.2) is 60.8 Å². The zero-order valence-corrected chi connectivity index (χ0v) is 44.1. The molecule has 1 amide bonds. The molecule has 0 fully saturated rings. The molecular weight excluding hydrogens is 828 g/mol. The summed E-state index contributed by atoms with van der Waals surface area (Å²) in [6.07, 6.45) is 63.3. The molecule has 0 aliphatic rings. The van der Waals surface area contributed by atoms with Crippen LogP contribution in [0.5, 0.6) is 0 Å². The summed E-state index contributed by atoms with van der Waals surface area (Å²) < 4.78 is 23.6. The molecule has 380 valence electrons. The van der Waals surface area contributed by atoms with E-state index in [0.717, 1.165) is 51.4 Å². The Hall–Kier alpha value is -1.80. The largest absolute Gasteiger partial charge is 0.472 e. The van der Waals surface area contributed by atoms with E-state index in [0.29, 0.717) is 17.4 Å². The first-order valence-corrected chi connectivity index (χ1v) is 28.7. The quantitative estimate of drug-likeness (QED) is 0.0243. The number of hydrogen-bond acceptors (Lipinski definition) is 5.